The molecule has 130 valence electrons. The molecule has 1 N–H and O–H groups in total. The van der Waals surface area contributed by atoms with Crippen LogP contribution in [0.25, 0.3) is 0 Å². The average Bonchev–Trinajstić information content (AvgIpc) is 2.86. The molecule has 1 aromatic rings. The summed E-state index contributed by atoms with van der Waals surface area (Å²) in [4.78, 5) is 28.3. The smallest absolute Gasteiger partial charge is 0.312 e. The summed E-state index contributed by atoms with van der Waals surface area (Å²) in [6.07, 6.45) is 2.55. The number of hydrogen-bond acceptors (Lipinski definition) is 4. The molecule has 7 nitrogen and oxygen atoms in total. The Labute approximate surface area is 141 Å². The Bertz CT molecular complexity index is 753. The van der Waals surface area contributed by atoms with Crippen LogP contribution in [0.2, 0.25) is 0 Å². The van der Waals surface area contributed by atoms with Gasteiger partial charge in [0.15, 0.2) is 0 Å². The van der Waals surface area contributed by atoms with Gasteiger partial charge in [-0.3, -0.25) is 9.69 Å². The molecule has 24 heavy (non-hydrogen) atoms. The van der Waals surface area contributed by atoms with Crippen LogP contribution in [0.5, 0.6) is 0 Å². The molecule has 0 aliphatic carbocycles. The van der Waals surface area contributed by atoms with Crippen LogP contribution in [-0.2, 0) is 14.8 Å². The van der Waals surface area contributed by atoms with Crippen molar-refractivity contribution in [2.24, 2.45) is 0 Å². The van der Waals surface area contributed by atoms with Gasteiger partial charge in [0, 0.05) is 6.54 Å². The van der Waals surface area contributed by atoms with Crippen molar-refractivity contribution in [2.45, 2.75) is 43.2 Å². The number of imide groups is 1. The zero-order chi connectivity index (χ0) is 17.5. The van der Waals surface area contributed by atoms with Crippen molar-refractivity contribution in [3.63, 3.8) is 0 Å². The molecule has 0 spiro atoms. The molecule has 8 heteroatoms. The van der Waals surface area contributed by atoms with E-state index >= 15 is 0 Å². The zero-order valence-corrected chi connectivity index (χ0v) is 14.5. The minimum absolute atomic E-state index is 0.117. The lowest BCUT2D eigenvalue weighted by molar-refractivity contribution is -0.130. The van der Waals surface area contributed by atoms with Gasteiger partial charge in [0.05, 0.1) is 10.9 Å². The molecule has 0 bridgehead atoms. The van der Waals surface area contributed by atoms with Crippen LogP contribution in [0.4, 0.5) is 4.79 Å². The molecule has 2 aliphatic heterocycles. The van der Waals surface area contributed by atoms with Crippen LogP contribution in [0.3, 0.4) is 0 Å². The van der Waals surface area contributed by atoms with Gasteiger partial charge in [0.2, 0.25) is 10.0 Å². The van der Waals surface area contributed by atoms with E-state index in [1.54, 1.807) is 24.0 Å². The number of rotatable bonds is 4. The highest BCUT2D eigenvalue weighted by atomic mass is 32.2. The average molecular weight is 351 g/mol. The second-order valence-corrected chi connectivity index (χ2v) is 8.04. The zero-order valence-electron chi connectivity index (χ0n) is 13.7. The summed E-state index contributed by atoms with van der Waals surface area (Å²) >= 11 is 0. The van der Waals surface area contributed by atoms with Gasteiger partial charge in [-0.15, -0.1) is 0 Å². The molecule has 0 radical (unpaired) electrons. The maximum atomic E-state index is 12.6. The lowest BCUT2D eigenvalue weighted by Crippen LogP contribution is -2.39. The summed E-state index contributed by atoms with van der Waals surface area (Å²) in [7, 11) is -2.23. The molecule has 2 aliphatic rings. The second-order valence-electron chi connectivity index (χ2n) is 6.15. The van der Waals surface area contributed by atoms with Crippen LogP contribution in [0, 0.1) is 0 Å². The van der Waals surface area contributed by atoms with Crippen LogP contribution >= 0.6 is 0 Å². The molecule has 0 saturated carbocycles. The molecule has 2 fully saturated rings. The first-order chi connectivity index (χ1) is 11.4. The Morgan fingerprint density at radius 3 is 2.67 bits per heavy atom. The van der Waals surface area contributed by atoms with Gasteiger partial charge in [-0.1, -0.05) is 12.1 Å². The third-order valence-electron chi connectivity index (χ3n) is 4.78. The lowest BCUT2D eigenvalue weighted by Gasteiger charge is -2.26. The molecule has 3 amide bonds. The molecule has 2 saturated heterocycles. The summed E-state index contributed by atoms with van der Waals surface area (Å²) < 4.78 is 26.2. The maximum Gasteiger partial charge on any atom is 0.328 e. The lowest BCUT2D eigenvalue weighted by atomic mass is 10.0. The molecular weight excluding hydrogens is 330 g/mol. The highest BCUT2D eigenvalue weighted by molar-refractivity contribution is 7.89. The number of urea groups is 1. The topological polar surface area (TPSA) is 86.8 Å². The van der Waals surface area contributed by atoms with Gasteiger partial charge < -0.3 is 4.90 Å². The summed E-state index contributed by atoms with van der Waals surface area (Å²) in [5.74, 6) is -0.186. The van der Waals surface area contributed by atoms with Crippen molar-refractivity contribution in [3.8, 4) is 0 Å². The minimum atomic E-state index is -3.57. The SMILES string of the molecule is CNS(=O)(=O)c1cccc([C@@H](C)N2C(=O)[C@@H]3CCCCN3C2=O)c1. The summed E-state index contributed by atoms with van der Waals surface area (Å²) in [6.45, 7) is 2.35. The van der Waals surface area contributed by atoms with Gasteiger partial charge in [-0.05, 0) is 50.9 Å². The number of carbonyl (C=O) groups is 2. The standard InChI is InChI=1S/C16H21N3O4S/c1-11(12-6-5-7-13(10-12)24(22,23)17-2)19-15(20)14-8-3-4-9-18(14)16(19)21/h5-7,10-11,14,17H,3-4,8-9H2,1-2H3/t11-,14+/m1/s1. The Hall–Kier alpha value is -1.93. The molecule has 1 aromatic carbocycles. The predicted molar refractivity (Wildman–Crippen MR) is 87.7 cm³/mol. The fourth-order valence-corrected chi connectivity index (χ4v) is 4.16. The van der Waals surface area contributed by atoms with E-state index in [0.29, 0.717) is 18.5 Å². The van der Waals surface area contributed by atoms with Crippen LogP contribution in [0.1, 0.15) is 37.8 Å². The van der Waals surface area contributed by atoms with Gasteiger partial charge in [-0.25, -0.2) is 17.9 Å². The third-order valence-corrected chi connectivity index (χ3v) is 6.20. The van der Waals surface area contributed by atoms with Gasteiger partial charge in [0.25, 0.3) is 5.91 Å². The van der Waals surface area contributed by atoms with E-state index in [9.17, 15) is 18.0 Å². The monoisotopic (exact) mass is 351 g/mol. The van der Waals surface area contributed by atoms with E-state index in [0.717, 1.165) is 12.8 Å². The molecule has 0 unspecified atom stereocenters. The van der Waals surface area contributed by atoms with Gasteiger partial charge in [-0.2, -0.15) is 0 Å². The number of sulfonamides is 1. The van der Waals surface area contributed by atoms with Crippen LogP contribution in [0.15, 0.2) is 29.2 Å². The predicted octanol–water partition coefficient (Wildman–Crippen LogP) is 1.47. The van der Waals surface area contributed by atoms with Crippen molar-refractivity contribution in [1.82, 2.24) is 14.5 Å². The van der Waals surface area contributed by atoms with E-state index in [-0.39, 0.29) is 22.9 Å². The molecule has 0 aromatic heterocycles. The number of amides is 3. The highest BCUT2D eigenvalue weighted by Gasteiger charge is 2.47. The summed E-state index contributed by atoms with van der Waals surface area (Å²) in [5, 5.41) is 0. The maximum absolute atomic E-state index is 12.6. The Morgan fingerprint density at radius 1 is 1.25 bits per heavy atom. The van der Waals surface area contributed by atoms with Crippen molar-refractivity contribution in [1.29, 1.82) is 0 Å². The van der Waals surface area contributed by atoms with E-state index in [1.807, 2.05) is 0 Å². The molecule has 2 atom stereocenters. The molecule has 3 rings (SSSR count). The molecule has 2 heterocycles. The number of benzene rings is 1. The number of nitrogens with zero attached hydrogens (tertiary/aromatic N) is 2. The van der Waals surface area contributed by atoms with Crippen molar-refractivity contribution >= 4 is 22.0 Å². The van der Waals surface area contributed by atoms with E-state index in [4.69, 9.17) is 0 Å². The first-order valence-electron chi connectivity index (χ1n) is 8.04. The summed E-state index contributed by atoms with van der Waals surface area (Å²) in [5.41, 5.74) is 0.618. The Balaban J connectivity index is 1.92. The fraction of sp³-hybridized carbons (Fsp3) is 0.500. The molecular formula is C16H21N3O4S. The first-order valence-corrected chi connectivity index (χ1v) is 9.52. The van der Waals surface area contributed by atoms with E-state index in [1.165, 1.54) is 24.1 Å². The number of nitrogens with one attached hydrogen (secondary N) is 1. The second kappa shape index (κ2) is 6.18. The van der Waals surface area contributed by atoms with Crippen LogP contribution < -0.4 is 4.72 Å². The minimum Gasteiger partial charge on any atom is -0.312 e. The number of piperidine rings is 1. The van der Waals surface area contributed by atoms with Gasteiger partial charge in [0.1, 0.15) is 6.04 Å². The Kier molecular flexibility index (Phi) is 4.35. The van der Waals surface area contributed by atoms with Gasteiger partial charge >= 0.3 is 6.03 Å². The normalized spacial score (nSPS) is 22.7. The van der Waals surface area contributed by atoms with E-state index in [2.05, 4.69) is 4.72 Å². The third kappa shape index (κ3) is 2.69. The van der Waals surface area contributed by atoms with Crippen molar-refractivity contribution < 1.29 is 18.0 Å². The van der Waals surface area contributed by atoms with E-state index < -0.39 is 16.1 Å². The first kappa shape index (κ1) is 16.9. The largest absolute Gasteiger partial charge is 0.328 e. The van der Waals surface area contributed by atoms with Crippen LogP contribution in [-0.4, -0.2) is 49.8 Å². The highest BCUT2D eigenvalue weighted by Crippen LogP contribution is 2.33. The van der Waals surface area contributed by atoms with Crippen molar-refractivity contribution in [2.75, 3.05) is 13.6 Å². The fourth-order valence-electron chi connectivity index (χ4n) is 3.38. The quantitative estimate of drug-likeness (QED) is 0.832. The number of hydrogen-bond donors (Lipinski definition) is 1. The van der Waals surface area contributed by atoms with Crippen molar-refractivity contribution in [3.05, 3.63) is 29.8 Å². The number of carbonyl (C=O) groups excluding carboxylic acids is 2. The summed E-state index contributed by atoms with van der Waals surface area (Å²) in [6, 6.07) is 5.19. The Morgan fingerprint density at radius 2 is 2.00 bits per heavy atom. The number of fused-ring (bicyclic) bond motifs is 1.